The number of carbonyl (C=O) groups is 2. The molecule has 2 amide bonds. The van der Waals surface area contributed by atoms with E-state index in [1.165, 1.54) is 11.3 Å². The lowest BCUT2D eigenvalue weighted by Gasteiger charge is -2.17. The monoisotopic (exact) mass is 359 g/mol. The van der Waals surface area contributed by atoms with E-state index in [0.29, 0.717) is 11.7 Å². The molecule has 2 aromatic rings. The summed E-state index contributed by atoms with van der Waals surface area (Å²) >= 11 is 1.42. The van der Waals surface area contributed by atoms with E-state index in [2.05, 4.69) is 10.3 Å². The number of hydrogen-bond donors (Lipinski definition) is 1. The average Bonchev–Trinajstić information content (AvgIpc) is 3.13. The largest absolute Gasteiger partial charge is 0.491 e. The summed E-state index contributed by atoms with van der Waals surface area (Å²) in [6.45, 7) is 6.23. The molecule has 7 heteroatoms. The van der Waals surface area contributed by atoms with Crippen LogP contribution in [0.3, 0.4) is 0 Å². The van der Waals surface area contributed by atoms with Gasteiger partial charge in [0.15, 0.2) is 5.13 Å². The fraction of sp³-hybridized carbons (Fsp3) is 0.389. The third kappa shape index (κ3) is 4.17. The van der Waals surface area contributed by atoms with Gasteiger partial charge >= 0.3 is 0 Å². The van der Waals surface area contributed by atoms with Crippen molar-refractivity contribution < 1.29 is 14.3 Å². The Hall–Kier alpha value is -2.41. The minimum atomic E-state index is -0.372. The standard InChI is InChI=1S/C18H21N3O3S/c1-11(2)24-15-6-4-14(5-7-15)21-10-13(8-16(21)22)17(23)20-18-19-9-12(3)25-18/h4-7,9,11,13H,8,10H2,1-3H3,(H,19,20,23)/t13-/m1/s1. The van der Waals surface area contributed by atoms with Gasteiger partial charge in [0.25, 0.3) is 0 Å². The summed E-state index contributed by atoms with van der Waals surface area (Å²) in [6.07, 6.45) is 2.02. The average molecular weight is 359 g/mol. The molecule has 0 unspecified atom stereocenters. The molecule has 1 atom stereocenters. The van der Waals surface area contributed by atoms with Crippen LogP contribution in [0.1, 0.15) is 25.1 Å². The fourth-order valence-electron chi connectivity index (χ4n) is 2.73. The van der Waals surface area contributed by atoms with Crippen molar-refractivity contribution in [3.8, 4) is 5.75 Å². The topological polar surface area (TPSA) is 71.5 Å². The van der Waals surface area contributed by atoms with Gasteiger partial charge in [-0.3, -0.25) is 9.59 Å². The Balaban J connectivity index is 1.64. The van der Waals surface area contributed by atoms with Gasteiger partial charge in [-0.1, -0.05) is 0 Å². The molecule has 0 bridgehead atoms. The number of nitrogens with one attached hydrogen (secondary N) is 1. The lowest BCUT2D eigenvalue weighted by atomic mass is 10.1. The lowest BCUT2D eigenvalue weighted by molar-refractivity contribution is -0.122. The summed E-state index contributed by atoms with van der Waals surface area (Å²) in [5, 5.41) is 3.37. The van der Waals surface area contributed by atoms with Crippen molar-refractivity contribution in [1.82, 2.24) is 4.98 Å². The number of hydrogen-bond acceptors (Lipinski definition) is 5. The second kappa shape index (κ2) is 7.23. The number of carbonyl (C=O) groups excluding carboxylic acids is 2. The highest BCUT2D eigenvalue weighted by Crippen LogP contribution is 2.28. The van der Waals surface area contributed by atoms with E-state index < -0.39 is 0 Å². The molecule has 1 saturated heterocycles. The molecule has 3 rings (SSSR count). The van der Waals surface area contributed by atoms with Crippen LogP contribution in [0.2, 0.25) is 0 Å². The zero-order chi connectivity index (χ0) is 18.0. The third-order valence-electron chi connectivity index (χ3n) is 3.87. The number of nitrogens with zero attached hydrogens (tertiary/aromatic N) is 2. The second-order valence-electron chi connectivity index (χ2n) is 6.33. The molecule has 132 valence electrons. The van der Waals surface area contributed by atoms with Gasteiger partial charge in [-0.05, 0) is 45.0 Å². The first-order valence-electron chi connectivity index (χ1n) is 8.23. The number of rotatable bonds is 5. The van der Waals surface area contributed by atoms with Gasteiger partial charge in [-0.15, -0.1) is 11.3 Å². The van der Waals surface area contributed by atoms with Gasteiger partial charge in [-0.25, -0.2) is 4.98 Å². The zero-order valence-electron chi connectivity index (χ0n) is 14.5. The molecular weight excluding hydrogens is 338 g/mol. The van der Waals surface area contributed by atoms with Gasteiger partial charge in [0.1, 0.15) is 5.75 Å². The Bertz CT molecular complexity index is 770. The van der Waals surface area contributed by atoms with Crippen molar-refractivity contribution in [3.05, 3.63) is 35.3 Å². The molecule has 6 nitrogen and oxygen atoms in total. The summed E-state index contributed by atoms with van der Waals surface area (Å²) in [4.78, 5) is 31.5. The van der Waals surface area contributed by atoms with Crippen LogP contribution in [-0.4, -0.2) is 29.4 Å². The molecule has 1 aliphatic rings. The molecule has 0 aliphatic carbocycles. The molecule has 1 N–H and O–H groups in total. The van der Waals surface area contributed by atoms with Crippen LogP contribution in [-0.2, 0) is 9.59 Å². The molecule has 0 radical (unpaired) electrons. The molecule has 25 heavy (non-hydrogen) atoms. The highest BCUT2D eigenvalue weighted by atomic mass is 32.1. The summed E-state index contributed by atoms with van der Waals surface area (Å²) in [6, 6.07) is 7.38. The van der Waals surface area contributed by atoms with E-state index in [-0.39, 0.29) is 30.3 Å². The normalized spacial score (nSPS) is 17.2. The SMILES string of the molecule is Cc1cnc(NC(=O)[C@@H]2CC(=O)N(c3ccc(OC(C)C)cc3)C2)s1. The first-order chi connectivity index (χ1) is 11.9. The van der Waals surface area contributed by atoms with Crippen LogP contribution in [0.15, 0.2) is 30.5 Å². The zero-order valence-corrected chi connectivity index (χ0v) is 15.3. The van der Waals surface area contributed by atoms with E-state index in [1.54, 1.807) is 11.1 Å². The second-order valence-corrected chi connectivity index (χ2v) is 7.57. The van der Waals surface area contributed by atoms with Crippen molar-refractivity contribution in [2.24, 2.45) is 5.92 Å². The van der Waals surface area contributed by atoms with Crippen LogP contribution in [0.5, 0.6) is 5.75 Å². The quantitative estimate of drug-likeness (QED) is 0.890. The molecule has 1 aromatic heterocycles. The van der Waals surface area contributed by atoms with Crippen molar-refractivity contribution in [2.75, 3.05) is 16.8 Å². The highest BCUT2D eigenvalue weighted by molar-refractivity contribution is 7.15. The summed E-state index contributed by atoms with van der Waals surface area (Å²) in [7, 11) is 0. The number of thiazole rings is 1. The van der Waals surface area contributed by atoms with Gasteiger partial charge < -0.3 is 15.0 Å². The minimum absolute atomic E-state index is 0.0482. The van der Waals surface area contributed by atoms with Crippen molar-refractivity contribution >= 4 is 34.0 Å². The van der Waals surface area contributed by atoms with E-state index in [4.69, 9.17) is 4.74 Å². The Labute approximate surface area is 150 Å². The van der Waals surface area contributed by atoms with E-state index in [0.717, 1.165) is 16.3 Å². The maximum atomic E-state index is 12.4. The molecule has 1 aliphatic heterocycles. The number of aromatic nitrogens is 1. The summed E-state index contributed by atoms with van der Waals surface area (Å²) in [5.41, 5.74) is 0.779. The summed E-state index contributed by atoms with van der Waals surface area (Å²) < 4.78 is 5.61. The van der Waals surface area contributed by atoms with Crippen LogP contribution >= 0.6 is 11.3 Å². The van der Waals surface area contributed by atoms with Crippen LogP contribution in [0, 0.1) is 12.8 Å². The van der Waals surface area contributed by atoms with Gasteiger partial charge in [0.05, 0.1) is 12.0 Å². The fourth-order valence-corrected chi connectivity index (χ4v) is 3.40. The molecule has 1 aromatic carbocycles. The third-order valence-corrected chi connectivity index (χ3v) is 4.70. The molecule has 0 spiro atoms. The number of ether oxygens (including phenoxy) is 1. The molecular formula is C18H21N3O3S. The van der Waals surface area contributed by atoms with E-state index in [9.17, 15) is 9.59 Å². The van der Waals surface area contributed by atoms with E-state index >= 15 is 0 Å². The number of anilines is 2. The first kappa shape index (κ1) is 17.4. The van der Waals surface area contributed by atoms with E-state index in [1.807, 2.05) is 45.0 Å². The summed E-state index contributed by atoms with van der Waals surface area (Å²) in [5.74, 6) is 0.181. The maximum Gasteiger partial charge on any atom is 0.231 e. The van der Waals surface area contributed by atoms with Crippen LogP contribution in [0.25, 0.3) is 0 Å². The Morgan fingerprint density at radius 3 is 2.68 bits per heavy atom. The van der Waals surface area contributed by atoms with Crippen molar-refractivity contribution in [2.45, 2.75) is 33.3 Å². The van der Waals surface area contributed by atoms with Crippen LogP contribution in [0.4, 0.5) is 10.8 Å². The molecule has 2 heterocycles. The van der Waals surface area contributed by atoms with Crippen molar-refractivity contribution in [1.29, 1.82) is 0 Å². The Morgan fingerprint density at radius 2 is 2.08 bits per heavy atom. The smallest absolute Gasteiger partial charge is 0.231 e. The number of amides is 2. The van der Waals surface area contributed by atoms with Crippen LogP contribution < -0.4 is 15.0 Å². The highest BCUT2D eigenvalue weighted by Gasteiger charge is 2.35. The Morgan fingerprint density at radius 1 is 1.36 bits per heavy atom. The maximum absolute atomic E-state index is 12.4. The lowest BCUT2D eigenvalue weighted by Crippen LogP contribution is -2.28. The first-order valence-corrected chi connectivity index (χ1v) is 9.04. The van der Waals surface area contributed by atoms with Gasteiger partial charge in [0, 0.05) is 29.7 Å². The predicted octanol–water partition coefficient (Wildman–Crippen LogP) is 3.23. The van der Waals surface area contributed by atoms with Gasteiger partial charge in [0.2, 0.25) is 11.8 Å². The minimum Gasteiger partial charge on any atom is -0.491 e. The van der Waals surface area contributed by atoms with Gasteiger partial charge in [-0.2, -0.15) is 0 Å². The van der Waals surface area contributed by atoms with Crippen molar-refractivity contribution in [3.63, 3.8) is 0 Å². The molecule has 1 fully saturated rings. The molecule has 0 saturated carbocycles. The number of aryl methyl sites for hydroxylation is 1. The number of benzene rings is 1. The Kier molecular flexibility index (Phi) is 5.03. The predicted molar refractivity (Wildman–Crippen MR) is 98.1 cm³/mol.